The van der Waals surface area contributed by atoms with Crippen LogP contribution in [0.15, 0.2) is 10.7 Å². The first-order chi connectivity index (χ1) is 7.10. The summed E-state index contributed by atoms with van der Waals surface area (Å²) >= 11 is 3.01. The van der Waals surface area contributed by atoms with E-state index in [9.17, 15) is 8.78 Å². The molecular weight excluding hydrogens is 268 g/mol. The minimum absolute atomic E-state index is 0.0288. The molecule has 0 saturated carbocycles. The van der Waals surface area contributed by atoms with E-state index >= 15 is 0 Å². The van der Waals surface area contributed by atoms with Gasteiger partial charge in [0.1, 0.15) is 10.7 Å². The number of halogens is 3. The van der Waals surface area contributed by atoms with Crippen molar-refractivity contribution in [3.63, 3.8) is 0 Å². The van der Waals surface area contributed by atoms with E-state index in [1.165, 1.54) is 0 Å². The maximum Gasteiger partial charge on any atom is 0.266 e. The van der Waals surface area contributed by atoms with Gasteiger partial charge in [0.25, 0.3) is 6.43 Å². The smallest absolute Gasteiger partial charge is 0.229 e. The van der Waals surface area contributed by atoms with Gasteiger partial charge in [-0.2, -0.15) is 10.5 Å². The average molecular weight is 272 g/mol. The second-order valence-corrected chi connectivity index (χ2v) is 3.37. The minimum atomic E-state index is -2.77. The molecule has 0 saturated heterocycles. The van der Waals surface area contributed by atoms with Crippen LogP contribution in [-0.2, 0) is 6.42 Å². The Hall–Kier alpha value is -1.53. The number of nitriles is 2. The SMILES string of the molecule is N#CCc1cc(C(F)F)c(C#N)nc1Br. The van der Waals surface area contributed by atoms with Gasteiger partial charge in [-0.3, -0.25) is 0 Å². The van der Waals surface area contributed by atoms with Gasteiger partial charge in [-0.25, -0.2) is 13.8 Å². The number of hydrogen-bond acceptors (Lipinski definition) is 3. The van der Waals surface area contributed by atoms with Gasteiger partial charge in [0.05, 0.1) is 18.1 Å². The maximum absolute atomic E-state index is 12.5. The number of nitrogens with zero attached hydrogens (tertiary/aromatic N) is 3. The summed E-state index contributed by atoms with van der Waals surface area (Å²) < 4.78 is 25.2. The molecule has 1 rings (SSSR count). The monoisotopic (exact) mass is 271 g/mol. The molecule has 15 heavy (non-hydrogen) atoms. The van der Waals surface area contributed by atoms with Crippen molar-refractivity contribution < 1.29 is 8.78 Å². The molecule has 1 aromatic heterocycles. The maximum atomic E-state index is 12.5. The van der Waals surface area contributed by atoms with Crippen molar-refractivity contribution in [2.75, 3.05) is 0 Å². The number of aromatic nitrogens is 1. The van der Waals surface area contributed by atoms with Gasteiger partial charge >= 0.3 is 0 Å². The molecular formula is C9H4BrF2N3. The van der Waals surface area contributed by atoms with Crippen molar-refractivity contribution in [3.05, 3.63) is 27.5 Å². The lowest BCUT2D eigenvalue weighted by atomic mass is 10.1. The molecule has 0 spiro atoms. The van der Waals surface area contributed by atoms with Crippen molar-refractivity contribution in [3.8, 4) is 12.1 Å². The largest absolute Gasteiger partial charge is 0.266 e. The average Bonchev–Trinajstić information content (AvgIpc) is 2.20. The highest BCUT2D eigenvalue weighted by molar-refractivity contribution is 9.10. The van der Waals surface area contributed by atoms with Gasteiger partial charge < -0.3 is 0 Å². The zero-order valence-corrected chi connectivity index (χ0v) is 8.92. The Morgan fingerprint density at radius 3 is 2.60 bits per heavy atom. The van der Waals surface area contributed by atoms with E-state index in [2.05, 4.69) is 20.9 Å². The summed E-state index contributed by atoms with van der Waals surface area (Å²) in [6.07, 6.45) is -2.79. The molecule has 0 amide bonds. The lowest BCUT2D eigenvalue weighted by Crippen LogP contribution is -1.99. The molecule has 0 fully saturated rings. The van der Waals surface area contributed by atoms with Crippen LogP contribution in [0.3, 0.4) is 0 Å². The van der Waals surface area contributed by atoms with Crippen molar-refractivity contribution in [1.82, 2.24) is 4.98 Å². The van der Waals surface area contributed by atoms with E-state index < -0.39 is 12.0 Å². The van der Waals surface area contributed by atoms with Gasteiger partial charge in [0.2, 0.25) is 0 Å². The molecule has 1 aromatic rings. The van der Waals surface area contributed by atoms with Crippen LogP contribution in [0.25, 0.3) is 0 Å². The molecule has 0 aromatic carbocycles. The predicted molar refractivity (Wildman–Crippen MR) is 50.9 cm³/mol. The van der Waals surface area contributed by atoms with Crippen LogP contribution in [0, 0.1) is 22.7 Å². The summed E-state index contributed by atoms with van der Waals surface area (Å²) in [4.78, 5) is 3.66. The molecule has 0 radical (unpaired) electrons. The molecule has 6 heteroatoms. The fraction of sp³-hybridized carbons (Fsp3) is 0.222. The summed E-state index contributed by atoms with van der Waals surface area (Å²) in [5.74, 6) is 0. The Bertz CT molecular complexity index is 460. The first-order valence-corrected chi connectivity index (χ1v) is 4.64. The highest BCUT2D eigenvalue weighted by Crippen LogP contribution is 2.26. The number of pyridine rings is 1. The minimum Gasteiger partial charge on any atom is -0.229 e. The van der Waals surface area contributed by atoms with Crippen molar-refractivity contribution in [1.29, 1.82) is 10.5 Å². The summed E-state index contributed by atoms with van der Waals surface area (Å²) in [7, 11) is 0. The summed E-state index contributed by atoms with van der Waals surface area (Å²) in [5, 5.41) is 17.0. The number of alkyl halides is 2. The molecule has 0 aliphatic rings. The van der Waals surface area contributed by atoms with E-state index in [4.69, 9.17) is 10.5 Å². The fourth-order valence-corrected chi connectivity index (χ4v) is 1.45. The Balaban J connectivity index is 3.33. The van der Waals surface area contributed by atoms with Crippen LogP contribution in [-0.4, -0.2) is 4.98 Å². The van der Waals surface area contributed by atoms with E-state index in [1.807, 2.05) is 6.07 Å². The summed E-state index contributed by atoms with van der Waals surface area (Å²) in [6.45, 7) is 0. The van der Waals surface area contributed by atoms with Gasteiger partial charge in [-0.1, -0.05) is 0 Å². The fourth-order valence-electron chi connectivity index (χ4n) is 1.02. The normalized spacial score (nSPS) is 9.73. The standard InChI is InChI=1S/C9H4BrF2N3/c10-8-5(1-2-13)3-6(9(11)12)7(4-14)15-8/h3,9H,1H2. The van der Waals surface area contributed by atoms with Crippen LogP contribution in [0.2, 0.25) is 0 Å². The zero-order chi connectivity index (χ0) is 11.4. The second kappa shape index (κ2) is 4.81. The Morgan fingerprint density at radius 1 is 1.47 bits per heavy atom. The van der Waals surface area contributed by atoms with Crippen molar-refractivity contribution >= 4 is 15.9 Å². The summed E-state index contributed by atoms with van der Waals surface area (Å²) in [5.41, 5.74) is -0.406. The van der Waals surface area contributed by atoms with E-state index in [1.54, 1.807) is 6.07 Å². The zero-order valence-electron chi connectivity index (χ0n) is 7.34. The van der Waals surface area contributed by atoms with E-state index in [0.29, 0.717) is 5.56 Å². The molecule has 0 aliphatic carbocycles. The first kappa shape index (κ1) is 11.5. The molecule has 0 N–H and O–H groups in total. The highest BCUT2D eigenvalue weighted by atomic mass is 79.9. The predicted octanol–water partition coefficient (Wildman–Crippen LogP) is 2.72. The second-order valence-electron chi connectivity index (χ2n) is 2.62. The molecule has 0 aliphatic heterocycles. The van der Waals surface area contributed by atoms with Gasteiger partial charge in [0, 0.05) is 0 Å². The van der Waals surface area contributed by atoms with Crippen LogP contribution < -0.4 is 0 Å². The van der Waals surface area contributed by atoms with Crippen LogP contribution in [0.5, 0.6) is 0 Å². The lowest BCUT2D eigenvalue weighted by Gasteiger charge is -2.05. The summed E-state index contributed by atoms with van der Waals surface area (Å²) in [6, 6.07) is 4.54. The Morgan fingerprint density at radius 2 is 2.13 bits per heavy atom. The quantitative estimate of drug-likeness (QED) is 0.777. The van der Waals surface area contributed by atoms with Crippen LogP contribution >= 0.6 is 15.9 Å². The molecule has 0 unspecified atom stereocenters. The third-order valence-electron chi connectivity index (χ3n) is 1.69. The Labute approximate surface area is 93.1 Å². The molecule has 3 nitrogen and oxygen atoms in total. The first-order valence-electron chi connectivity index (χ1n) is 3.84. The lowest BCUT2D eigenvalue weighted by molar-refractivity contribution is 0.150. The third kappa shape index (κ3) is 2.48. The molecule has 76 valence electrons. The van der Waals surface area contributed by atoms with Crippen LogP contribution in [0.1, 0.15) is 23.2 Å². The van der Waals surface area contributed by atoms with Crippen LogP contribution in [0.4, 0.5) is 8.78 Å². The number of rotatable bonds is 2. The molecule has 1 heterocycles. The highest BCUT2D eigenvalue weighted by Gasteiger charge is 2.17. The third-order valence-corrected chi connectivity index (χ3v) is 2.38. The van der Waals surface area contributed by atoms with Crippen molar-refractivity contribution in [2.24, 2.45) is 0 Å². The molecule has 0 bridgehead atoms. The topological polar surface area (TPSA) is 60.5 Å². The van der Waals surface area contributed by atoms with E-state index in [0.717, 1.165) is 6.07 Å². The number of hydrogen-bond donors (Lipinski definition) is 0. The Kier molecular flexibility index (Phi) is 3.70. The van der Waals surface area contributed by atoms with Gasteiger partial charge in [-0.15, -0.1) is 0 Å². The van der Waals surface area contributed by atoms with Gasteiger partial charge in [-0.05, 0) is 27.6 Å². The van der Waals surface area contributed by atoms with Crippen molar-refractivity contribution in [2.45, 2.75) is 12.8 Å². The molecule has 0 atom stereocenters. The van der Waals surface area contributed by atoms with E-state index in [-0.39, 0.29) is 16.7 Å². The van der Waals surface area contributed by atoms with Gasteiger partial charge in [0.15, 0.2) is 5.69 Å².